The highest BCUT2D eigenvalue weighted by Crippen LogP contribution is 2.42. The van der Waals surface area contributed by atoms with Crippen molar-refractivity contribution in [3.8, 4) is 17.2 Å². The Hall–Kier alpha value is -3.23. The van der Waals surface area contributed by atoms with Crippen molar-refractivity contribution in [2.75, 3.05) is 40.4 Å². The minimum absolute atomic E-state index is 0.0582. The Morgan fingerprint density at radius 1 is 1.06 bits per heavy atom. The molecule has 182 valence electrons. The van der Waals surface area contributed by atoms with Crippen molar-refractivity contribution in [2.45, 2.75) is 19.9 Å². The summed E-state index contributed by atoms with van der Waals surface area (Å²) in [6.07, 6.45) is 0. The lowest BCUT2D eigenvalue weighted by molar-refractivity contribution is -0.140. The van der Waals surface area contributed by atoms with Gasteiger partial charge in [0.05, 0.1) is 29.9 Å². The molecule has 34 heavy (non-hydrogen) atoms. The molecule has 0 saturated carbocycles. The van der Waals surface area contributed by atoms with E-state index in [0.29, 0.717) is 31.1 Å². The number of rotatable bonds is 9. The molecule has 0 aliphatic carbocycles. The first kappa shape index (κ1) is 25.4. The Bertz CT molecular complexity index is 1110. The van der Waals surface area contributed by atoms with Gasteiger partial charge in [-0.25, -0.2) is 0 Å². The molecule has 1 heterocycles. The van der Waals surface area contributed by atoms with E-state index in [2.05, 4.69) is 0 Å². The van der Waals surface area contributed by atoms with E-state index in [-0.39, 0.29) is 40.0 Å². The van der Waals surface area contributed by atoms with E-state index in [1.165, 1.54) is 17.0 Å². The zero-order chi connectivity index (χ0) is 25.0. The number of aliphatic hydroxyl groups is 1. The molecule has 1 atom stereocenters. The summed E-state index contributed by atoms with van der Waals surface area (Å²) in [5.74, 6) is -1.24. The van der Waals surface area contributed by atoms with E-state index in [1.54, 1.807) is 31.2 Å². The fourth-order valence-corrected chi connectivity index (χ4v) is 4.05. The predicted molar refractivity (Wildman–Crippen MR) is 129 cm³/mol. The Balaban J connectivity index is 2.16. The van der Waals surface area contributed by atoms with Gasteiger partial charge >= 0.3 is 0 Å². The van der Waals surface area contributed by atoms with Crippen LogP contribution in [0, 0.1) is 0 Å². The maximum absolute atomic E-state index is 13.1. The van der Waals surface area contributed by atoms with Gasteiger partial charge in [0.15, 0.2) is 11.5 Å². The zero-order valence-corrected chi connectivity index (χ0v) is 20.4. The minimum atomic E-state index is -0.870. The van der Waals surface area contributed by atoms with E-state index >= 15 is 0 Å². The van der Waals surface area contributed by atoms with Crippen LogP contribution in [-0.2, 0) is 9.59 Å². The maximum atomic E-state index is 13.1. The topological polar surface area (TPSA) is 99.5 Å². The number of benzene rings is 2. The molecule has 1 amide bonds. The molecule has 1 saturated heterocycles. The molecule has 1 fully saturated rings. The molecule has 1 aliphatic rings. The second kappa shape index (κ2) is 10.8. The summed E-state index contributed by atoms with van der Waals surface area (Å²) in [6.45, 7) is 5.12. The number of hydrogen-bond acceptors (Lipinski definition) is 7. The van der Waals surface area contributed by atoms with Crippen LogP contribution in [0.25, 0.3) is 5.76 Å². The van der Waals surface area contributed by atoms with E-state index < -0.39 is 17.7 Å². The molecule has 3 rings (SSSR count). The number of halogens is 1. The van der Waals surface area contributed by atoms with Crippen molar-refractivity contribution in [3.05, 3.63) is 58.1 Å². The Morgan fingerprint density at radius 2 is 1.74 bits per heavy atom. The van der Waals surface area contributed by atoms with Gasteiger partial charge in [0.25, 0.3) is 11.7 Å². The van der Waals surface area contributed by atoms with Gasteiger partial charge in [-0.15, -0.1) is 0 Å². The zero-order valence-electron chi connectivity index (χ0n) is 19.7. The normalized spacial score (nSPS) is 17.5. The number of aliphatic hydroxyl groups excluding tert-OH is 1. The number of nitrogens with zero attached hydrogens (tertiary/aromatic N) is 2. The van der Waals surface area contributed by atoms with E-state index in [9.17, 15) is 19.8 Å². The van der Waals surface area contributed by atoms with Crippen molar-refractivity contribution < 1.29 is 29.3 Å². The Kier molecular flexibility index (Phi) is 8.06. The second-order valence-corrected chi connectivity index (χ2v) is 8.44. The minimum Gasteiger partial charge on any atom is -0.507 e. The number of likely N-dealkylation sites (N-methyl/N-ethyl adjacent to an activating group) is 1. The average Bonchev–Trinajstić information content (AvgIpc) is 3.05. The summed E-state index contributed by atoms with van der Waals surface area (Å²) in [7, 11) is 3.72. The number of ketones is 1. The lowest BCUT2D eigenvalue weighted by atomic mass is 9.95. The molecule has 8 nitrogen and oxygen atoms in total. The van der Waals surface area contributed by atoms with Crippen LogP contribution in [0.4, 0.5) is 0 Å². The van der Waals surface area contributed by atoms with Crippen LogP contribution < -0.4 is 9.47 Å². The second-order valence-electron chi connectivity index (χ2n) is 8.03. The highest BCUT2D eigenvalue weighted by Gasteiger charge is 2.46. The maximum Gasteiger partial charge on any atom is 0.295 e. The number of likely N-dealkylation sites (tertiary alicyclic amines) is 1. The van der Waals surface area contributed by atoms with Gasteiger partial charge in [0.2, 0.25) is 0 Å². The lowest BCUT2D eigenvalue weighted by Crippen LogP contribution is -2.35. The quantitative estimate of drug-likeness (QED) is 0.314. The Morgan fingerprint density at radius 3 is 2.35 bits per heavy atom. The molecule has 2 aromatic rings. The largest absolute Gasteiger partial charge is 0.507 e. The van der Waals surface area contributed by atoms with Crippen LogP contribution in [0.15, 0.2) is 42.0 Å². The monoisotopic (exact) mass is 488 g/mol. The summed E-state index contributed by atoms with van der Waals surface area (Å²) in [5, 5.41) is 21.6. The van der Waals surface area contributed by atoms with Crippen LogP contribution >= 0.6 is 11.6 Å². The fraction of sp³-hybridized carbons (Fsp3) is 0.360. The molecule has 0 radical (unpaired) electrons. The number of aromatic hydroxyl groups is 1. The summed E-state index contributed by atoms with van der Waals surface area (Å²) >= 11 is 6.29. The lowest BCUT2D eigenvalue weighted by Gasteiger charge is -2.27. The number of carbonyl (C=O) groups excluding carboxylic acids is 2. The van der Waals surface area contributed by atoms with Crippen LogP contribution in [0.3, 0.4) is 0 Å². The molecule has 1 aliphatic heterocycles. The first-order valence-corrected chi connectivity index (χ1v) is 11.4. The van der Waals surface area contributed by atoms with Crippen molar-refractivity contribution in [1.29, 1.82) is 0 Å². The Labute approximate surface area is 203 Å². The summed E-state index contributed by atoms with van der Waals surface area (Å²) in [5.41, 5.74) is 0.753. The summed E-state index contributed by atoms with van der Waals surface area (Å²) in [4.78, 5) is 29.5. The average molecular weight is 489 g/mol. The number of carbonyl (C=O) groups is 2. The third-order valence-electron chi connectivity index (χ3n) is 5.43. The van der Waals surface area contributed by atoms with Crippen molar-refractivity contribution >= 4 is 29.1 Å². The predicted octanol–water partition coefficient (Wildman–Crippen LogP) is 3.83. The highest BCUT2D eigenvalue weighted by atomic mass is 35.5. The fourth-order valence-electron chi connectivity index (χ4n) is 3.81. The van der Waals surface area contributed by atoms with Crippen molar-refractivity contribution in [2.24, 2.45) is 0 Å². The van der Waals surface area contributed by atoms with Gasteiger partial charge in [-0.3, -0.25) is 9.59 Å². The number of phenols is 1. The van der Waals surface area contributed by atoms with Gasteiger partial charge in [0, 0.05) is 18.7 Å². The van der Waals surface area contributed by atoms with Crippen molar-refractivity contribution in [1.82, 2.24) is 9.80 Å². The number of Topliss-reactive ketones (excluding diaryl/α,β-unsaturated/α-hetero) is 1. The first-order chi connectivity index (χ1) is 16.2. The van der Waals surface area contributed by atoms with Gasteiger partial charge in [-0.2, -0.15) is 0 Å². The van der Waals surface area contributed by atoms with Crippen LogP contribution in [0.2, 0.25) is 5.02 Å². The molecule has 2 N–H and O–H groups in total. The highest BCUT2D eigenvalue weighted by molar-refractivity contribution is 6.46. The van der Waals surface area contributed by atoms with Gasteiger partial charge < -0.3 is 29.5 Å². The molecular weight excluding hydrogens is 460 g/mol. The molecule has 0 spiro atoms. The molecule has 9 heteroatoms. The molecule has 2 aromatic carbocycles. The van der Waals surface area contributed by atoms with Crippen LogP contribution in [-0.4, -0.2) is 72.1 Å². The number of ether oxygens (including phenoxy) is 2. The molecule has 0 unspecified atom stereocenters. The van der Waals surface area contributed by atoms with Gasteiger partial charge in [-0.1, -0.05) is 17.7 Å². The SMILES string of the molecule is CCOc1cc([C@@H]2C(=C(O)c3ccc(OCC)c(Cl)c3)C(=O)C(=O)N2CCN(C)C)ccc1O. The van der Waals surface area contributed by atoms with Crippen LogP contribution in [0.5, 0.6) is 17.2 Å². The summed E-state index contributed by atoms with van der Waals surface area (Å²) < 4.78 is 10.9. The smallest absolute Gasteiger partial charge is 0.295 e. The summed E-state index contributed by atoms with van der Waals surface area (Å²) in [6, 6.07) is 8.44. The van der Waals surface area contributed by atoms with Gasteiger partial charge in [-0.05, 0) is 63.8 Å². The number of amides is 1. The van der Waals surface area contributed by atoms with E-state index in [1.807, 2.05) is 25.9 Å². The third-order valence-corrected chi connectivity index (χ3v) is 5.73. The van der Waals surface area contributed by atoms with Crippen molar-refractivity contribution in [3.63, 3.8) is 0 Å². The van der Waals surface area contributed by atoms with Gasteiger partial charge in [0.1, 0.15) is 11.5 Å². The van der Waals surface area contributed by atoms with E-state index in [4.69, 9.17) is 21.1 Å². The van der Waals surface area contributed by atoms with Crippen LogP contribution in [0.1, 0.15) is 31.0 Å². The number of hydrogen-bond donors (Lipinski definition) is 2. The molecule has 0 bridgehead atoms. The first-order valence-electron chi connectivity index (χ1n) is 11.0. The number of phenolic OH excluding ortho intramolecular Hbond substituents is 1. The molecular formula is C25H29ClN2O6. The molecule has 0 aromatic heterocycles. The third kappa shape index (κ3) is 5.13. The van der Waals surface area contributed by atoms with E-state index in [0.717, 1.165) is 0 Å². The standard InChI is InChI=1S/C25H29ClN2O6/c1-5-33-19-10-8-16(13-17(19)26)23(30)21-22(15-7-9-18(29)20(14-15)34-6-2)28(12-11-27(3)4)25(32)24(21)31/h7-10,13-14,22,29-30H,5-6,11-12H2,1-4H3/t22-/m1/s1.